The van der Waals surface area contributed by atoms with Crippen LogP contribution in [-0.2, 0) is 0 Å². The Morgan fingerprint density at radius 2 is 1.09 bits per heavy atom. The number of rotatable bonds is 4. The van der Waals surface area contributed by atoms with Crippen molar-refractivity contribution in [1.82, 2.24) is 9.97 Å². The molecule has 2 atom stereocenters. The van der Waals surface area contributed by atoms with Crippen LogP contribution in [0.5, 0.6) is 11.5 Å². The van der Waals surface area contributed by atoms with Crippen molar-refractivity contribution in [3.05, 3.63) is 172 Å². The summed E-state index contributed by atoms with van der Waals surface area (Å²) in [7, 11) is -1.78. The minimum Gasteiger partial charge on any atom is -0.484 e. The minimum atomic E-state index is -1.78. The lowest BCUT2D eigenvalue weighted by molar-refractivity contribution is 0.0839. The Hall–Kier alpha value is -5.70. The summed E-state index contributed by atoms with van der Waals surface area (Å²) in [5.41, 5.74) is 2.27. The van der Waals surface area contributed by atoms with Gasteiger partial charge in [0.05, 0.1) is 28.4 Å². The molecule has 0 amide bonds. The third-order valence-electron chi connectivity index (χ3n) is 8.43. The van der Waals surface area contributed by atoms with Crippen LogP contribution in [0.4, 0.5) is 17.6 Å². The Labute approximate surface area is 315 Å². The van der Waals surface area contributed by atoms with Crippen LogP contribution in [0.15, 0.2) is 126 Å². The minimum absolute atomic E-state index is 0.000499. The van der Waals surface area contributed by atoms with Crippen molar-refractivity contribution in [3.63, 3.8) is 0 Å². The highest BCUT2D eigenvalue weighted by molar-refractivity contribution is 9.10. The molecular weight excluding hydrogens is 771 g/mol. The van der Waals surface area contributed by atoms with Gasteiger partial charge in [-0.1, -0.05) is 66.7 Å². The van der Waals surface area contributed by atoms with Gasteiger partial charge in [-0.05, 0) is 57.4 Å². The van der Waals surface area contributed by atoms with E-state index in [9.17, 15) is 27.2 Å². The van der Waals surface area contributed by atoms with Gasteiger partial charge in [-0.25, -0.2) is 18.7 Å². The van der Waals surface area contributed by atoms with Gasteiger partial charge in [-0.2, -0.15) is 8.78 Å². The Morgan fingerprint density at radius 3 is 1.59 bits per heavy atom. The highest BCUT2D eigenvalue weighted by Gasteiger charge is 2.30. The van der Waals surface area contributed by atoms with Crippen molar-refractivity contribution in [2.24, 2.45) is 0 Å². The van der Waals surface area contributed by atoms with Gasteiger partial charge in [0, 0.05) is 41.1 Å². The van der Waals surface area contributed by atoms with Gasteiger partial charge in [0.1, 0.15) is 35.3 Å². The third-order valence-corrected chi connectivity index (χ3v) is 9.04. The summed E-state index contributed by atoms with van der Waals surface area (Å²) in [5.74, 6) is -2.43. The smallest absolute Gasteiger partial charge is 0.484 e. The molecule has 2 aromatic heterocycles. The van der Waals surface area contributed by atoms with Gasteiger partial charge >= 0.3 is 7.12 Å². The van der Waals surface area contributed by atoms with Crippen LogP contribution in [0, 0.1) is 23.5 Å². The molecule has 2 aliphatic heterocycles. The molecule has 14 heteroatoms. The summed E-state index contributed by atoms with van der Waals surface area (Å²) < 4.78 is 66.2. The molecule has 6 aromatic rings. The van der Waals surface area contributed by atoms with Crippen molar-refractivity contribution < 1.29 is 46.7 Å². The molecule has 4 aromatic carbocycles. The number of fused-ring (bicyclic) bond motifs is 2. The number of ether oxygens (including phenoxy) is 2. The van der Waals surface area contributed by atoms with Crippen LogP contribution in [0.1, 0.15) is 56.9 Å². The lowest BCUT2D eigenvalue weighted by Gasteiger charge is -2.26. The molecule has 0 bridgehead atoms. The SMILES string of the molecule is O=C1CC(c2ccccc2)Oc2cc(F)c(-c3cccnc3F)cc21.O=C1CC(c2ccccc2)Oc2cc(F)c(Br)cc21.OB(O)c1cccnc1F. The van der Waals surface area contributed by atoms with Crippen molar-refractivity contribution in [3.8, 4) is 22.6 Å². The monoisotopic (exact) mass is 798 g/mol. The van der Waals surface area contributed by atoms with Crippen LogP contribution in [0.3, 0.4) is 0 Å². The van der Waals surface area contributed by atoms with E-state index in [0.29, 0.717) is 11.3 Å². The van der Waals surface area contributed by atoms with E-state index in [1.165, 1.54) is 54.9 Å². The summed E-state index contributed by atoms with van der Waals surface area (Å²) in [6.45, 7) is 0. The first-order chi connectivity index (χ1) is 26.0. The standard InChI is InChI=1S/C20H13F2NO2.C15H10BrFO2.C5H5BFNO2/c21-16-10-19-15(9-14(16)13-7-4-8-23-20(13)22)17(24)11-18(25-19)12-5-2-1-3-6-12;16-11-6-10-13(18)8-14(9-4-2-1-3-5-9)19-15(10)7-12(11)17;7-5-4(6(9)10)2-1-3-8-5/h1-10,18H,11H2;1-7,14H,8H2;1-3,9-10H. The van der Waals surface area contributed by atoms with E-state index in [1.807, 2.05) is 60.7 Å². The number of Topliss-reactive ketones (excluding diaryl/α,β-unsaturated/α-hetero) is 2. The molecule has 2 unspecified atom stereocenters. The van der Waals surface area contributed by atoms with Crippen LogP contribution >= 0.6 is 15.9 Å². The van der Waals surface area contributed by atoms with Crippen LogP contribution in [0.25, 0.3) is 11.1 Å². The lowest BCUT2D eigenvalue weighted by atomic mass is 9.81. The highest BCUT2D eigenvalue weighted by Crippen LogP contribution is 2.39. The summed E-state index contributed by atoms with van der Waals surface area (Å²) >= 11 is 3.08. The number of benzene rings is 4. The summed E-state index contributed by atoms with van der Waals surface area (Å²) in [6, 6.07) is 29.6. The molecule has 0 radical (unpaired) electrons. The van der Waals surface area contributed by atoms with E-state index >= 15 is 0 Å². The molecule has 2 N–H and O–H groups in total. The normalized spacial score (nSPS) is 15.5. The second kappa shape index (κ2) is 17.0. The van der Waals surface area contributed by atoms with Gasteiger partial charge in [0.15, 0.2) is 11.6 Å². The molecule has 54 heavy (non-hydrogen) atoms. The number of nitrogens with zero attached hydrogens (tertiary/aromatic N) is 2. The lowest BCUT2D eigenvalue weighted by Crippen LogP contribution is -2.33. The first-order valence-electron chi connectivity index (χ1n) is 16.4. The quantitative estimate of drug-likeness (QED) is 0.105. The number of hydrogen-bond acceptors (Lipinski definition) is 8. The van der Waals surface area contributed by atoms with E-state index in [4.69, 9.17) is 19.5 Å². The zero-order valence-corrected chi connectivity index (χ0v) is 29.6. The first kappa shape index (κ1) is 38.0. The van der Waals surface area contributed by atoms with Gasteiger partial charge in [-0.3, -0.25) is 9.59 Å². The number of hydrogen-bond donors (Lipinski definition) is 2. The van der Waals surface area contributed by atoms with Gasteiger partial charge < -0.3 is 19.5 Å². The first-order valence-corrected chi connectivity index (χ1v) is 17.2. The number of carbonyl (C=O) groups is 2. The number of pyridine rings is 2. The average Bonchev–Trinajstić information content (AvgIpc) is 3.17. The fourth-order valence-electron chi connectivity index (χ4n) is 5.75. The molecule has 0 spiro atoms. The van der Waals surface area contributed by atoms with Crippen LogP contribution in [0.2, 0.25) is 0 Å². The molecule has 8 nitrogen and oxygen atoms in total. The third kappa shape index (κ3) is 8.74. The maximum absolute atomic E-state index is 14.5. The fourth-order valence-corrected chi connectivity index (χ4v) is 6.10. The highest BCUT2D eigenvalue weighted by atomic mass is 79.9. The fraction of sp³-hybridized carbons (Fsp3) is 0.100. The van der Waals surface area contributed by atoms with E-state index in [-0.39, 0.29) is 62.9 Å². The summed E-state index contributed by atoms with van der Waals surface area (Å²) in [5, 5.41) is 17.0. The molecule has 0 saturated carbocycles. The number of aromatic nitrogens is 2. The number of carbonyl (C=O) groups excluding carboxylic acids is 2. The van der Waals surface area contributed by atoms with E-state index in [2.05, 4.69) is 25.9 Å². The van der Waals surface area contributed by atoms with Gasteiger partial charge in [0.2, 0.25) is 11.9 Å². The van der Waals surface area contributed by atoms with E-state index in [0.717, 1.165) is 17.2 Å². The van der Waals surface area contributed by atoms with Gasteiger partial charge in [0.25, 0.3) is 0 Å². The van der Waals surface area contributed by atoms with Crippen molar-refractivity contribution in [1.29, 1.82) is 0 Å². The zero-order chi connectivity index (χ0) is 38.4. The largest absolute Gasteiger partial charge is 0.493 e. The van der Waals surface area contributed by atoms with E-state index in [1.54, 1.807) is 0 Å². The number of ketones is 2. The molecule has 0 saturated heterocycles. The summed E-state index contributed by atoms with van der Waals surface area (Å²) in [4.78, 5) is 31.4. The van der Waals surface area contributed by atoms with E-state index < -0.39 is 36.8 Å². The Morgan fingerprint density at radius 1 is 0.593 bits per heavy atom. The molecule has 272 valence electrons. The maximum Gasteiger partial charge on any atom is 0.493 e. The van der Waals surface area contributed by atoms with Crippen LogP contribution < -0.4 is 14.9 Å². The maximum atomic E-state index is 14.5. The Kier molecular flexibility index (Phi) is 12.0. The molecule has 4 heterocycles. The van der Waals surface area contributed by atoms with Crippen molar-refractivity contribution in [2.45, 2.75) is 25.0 Å². The van der Waals surface area contributed by atoms with Crippen LogP contribution in [-0.4, -0.2) is 38.7 Å². The zero-order valence-electron chi connectivity index (χ0n) is 28.0. The second-order valence-electron chi connectivity index (χ2n) is 12.0. The number of halogens is 5. The summed E-state index contributed by atoms with van der Waals surface area (Å²) in [6.07, 6.45) is 2.14. The average molecular weight is 799 g/mol. The topological polar surface area (TPSA) is 119 Å². The molecule has 0 fully saturated rings. The predicted octanol–water partition coefficient (Wildman–Crippen LogP) is 7.93. The second-order valence-corrected chi connectivity index (χ2v) is 12.8. The molecule has 8 rings (SSSR count). The molecular formula is C40H28BBrF4N2O6. The Balaban J connectivity index is 0.000000151. The molecule has 2 aliphatic rings. The van der Waals surface area contributed by atoms with Crippen molar-refractivity contribution in [2.75, 3.05) is 0 Å². The van der Waals surface area contributed by atoms with Crippen molar-refractivity contribution >= 4 is 40.1 Å². The molecule has 0 aliphatic carbocycles. The Bertz CT molecular complexity index is 2300. The predicted molar refractivity (Wildman–Crippen MR) is 195 cm³/mol. The van der Waals surface area contributed by atoms with Gasteiger partial charge in [-0.15, -0.1) is 0 Å².